The van der Waals surface area contributed by atoms with Gasteiger partial charge in [0.25, 0.3) is 0 Å². The van der Waals surface area contributed by atoms with Crippen LogP contribution in [0.2, 0.25) is 0 Å². The molecule has 0 bridgehead atoms. The first-order valence-corrected chi connectivity index (χ1v) is 6.83. The van der Waals surface area contributed by atoms with Gasteiger partial charge in [-0.05, 0) is 0 Å². The van der Waals surface area contributed by atoms with Crippen molar-refractivity contribution in [1.29, 1.82) is 0 Å². The zero-order valence-corrected chi connectivity index (χ0v) is 11.7. The van der Waals surface area contributed by atoms with E-state index in [1.807, 2.05) is 0 Å². The van der Waals surface area contributed by atoms with Crippen LogP contribution in [0.15, 0.2) is 23.1 Å². The maximum absolute atomic E-state index is 5.32. The molecular weight excluding hydrogens is 256 g/mol. The molecule has 0 spiro atoms. The lowest BCUT2D eigenvalue weighted by Gasteiger charge is -2.33. The molecule has 0 aliphatic carbocycles. The molecular formula is C13H18N6O. The third-order valence-corrected chi connectivity index (χ3v) is 3.37. The molecule has 1 fully saturated rings. The van der Waals surface area contributed by atoms with Crippen molar-refractivity contribution in [2.24, 2.45) is 0 Å². The van der Waals surface area contributed by atoms with Crippen molar-refractivity contribution in [2.75, 3.05) is 36.0 Å². The zero-order chi connectivity index (χ0) is 13.9. The van der Waals surface area contributed by atoms with Crippen molar-refractivity contribution in [3.05, 3.63) is 24.4 Å². The number of aromatic nitrogens is 4. The van der Waals surface area contributed by atoms with Gasteiger partial charge in [-0.25, -0.2) is 4.98 Å². The predicted octanol–water partition coefficient (Wildman–Crippen LogP) is 1.31. The molecule has 7 nitrogen and oxygen atoms in total. The fourth-order valence-electron chi connectivity index (χ4n) is 2.17. The number of piperazine rings is 1. The minimum atomic E-state index is 0.286. The largest absolute Gasteiger partial charge is 0.352 e. The van der Waals surface area contributed by atoms with E-state index < -0.39 is 0 Å². The maximum Gasteiger partial charge on any atom is 0.324 e. The average Bonchev–Trinajstić information content (AvgIpc) is 2.98. The van der Waals surface area contributed by atoms with E-state index in [1.165, 1.54) is 0 Å². The van der Waals surface area contributed by atoms with Crippen LogP contribution in [0.25, 0.3) is 0 Å². The Labute approximate surface area is 117 Å². The number of anilines is 2. The number of hydrogen-bond acceptors (Lipinski definition) is 7. The molecule has 0 amide bonds. The summed E-state index contributed by atoms with van der Waals surface area (Å²) in [5.41, 5.74) is 0. The smallest absolute Gasteiger partial charge is 0.324 e. The first-order valence-electron chi connectivity index (χ1n) is 6.83. The predicted molar refractivity (Wildman–Crippen MR) is 74.8 cm³/mol. The number of nitrogens with zero attached hydrogens (tertiary/aromatic N) is 6. The molecule has 0 aromatic carbocycles. The molecule has 1 aliphatic rings. The molecule has 106 valence electrons. The summed E-state index contributed by atoms with van der Waals surface area (Å²) in [6.45, 7) is 7.55. The van der Waals surface area contributed by atoms with E-state index in [0.29, 0.717) is 6.01 Å². The van der Waals surface area contributed by atoms with E-state index in [9.17, 15) is 0 Å². The zero-order valence-electron chi connectivity index (χ0n) is 11.7. The maximum atomic E-state index is 5.32. The Balaban J connectivity index is 1.63. The summed E-state index contributed by atoms with van der Waals surface area (Å²) in [6, 6.07) is 0.618. The molecule has 2 aromatic rings. The highest BCUT2D eigenvalue weighted by Gasteiger charge is 2.22. The van der Waals surface area contributed by atoms with Crippen molar-refractivity contribution in [3.8, 4) is 0 Å². The van der Waals surface area contributed by atoms with E-state index in [2.05, 4.69) is 43.8 Å². The van der Waals surface area contributed by atoms with E-state index >= 15 is 0 Å². The summed E-state index contributed by atoms with van der Waals surface area (Å²) >= 11 is 0. The van der Waals surface area contributed by atoms with Crippen LogP contribution in [0.5, 0.6) is 0 Å². The normalized spacial score (nSPS) is 15.9. The summed E-state index contributed by atoms with van der Waals surface area (Å²) in [7, 11) is 0. The first-order chi connectivity index (χ1) is 9.74. The SMILES string of the molecule is CC(C)c1noc(N2CCN(c3cnccn3)CC2)n1. The lowest BCUT2D eigenvalue weighted by atomic mass is 10.2. The quantitative estimate of drug-likeness (QED) is 0.835. The molecule has 0 saturated carbocycles. The van der Waals surface area contributed by atoms with Crippen molar-refractivity contribution < 1.29 is 4.52 Å². The molecule has 0 N–H and O–H groups in total. The lowest BCUT2D eigenvalue weighted by molar-refractivity contribution is 0.400. The highest BCUT2D eigenvalue weighted by Crippen LogP contribution is 2.19. The number of hydrogen-bond donors (Lipinski definition) is 0. The van der Waals surface area contributed by atoms with Crippen LogP contribution in [0, 0.1) is 0 Å². The molecule has 1 aliphatic heterocycles. The molecule has 7 heteroatoms. The Morgan fingerprint density at radius 3 is 2.45 bits per heavy atom. The molecule has 3 heterocycles. The highest BCUT2D eigenvalue weighted by molar-refractivity contribution is 5.39. The highest BCUT2D eigenvalue weighted by atomic mass is 16.5. The minimum absolute atomic E-state index is 0.286. The molecule has 1 saturated heterocycles. The van der Waals surface area contributed by atoms with Gasteiger partial charge in [-0.3, -0.25) is 4.98 Å². The Morgan fingerprint density at radius 2 is 1.85 bits per heavy atom. The summed E-state index contributed by atoms with van der Waals surface area (Å²) in [4.78, 5) is 17.2. The van der Waals surface area contributed by atoms with Crippen LogP contribution in [-0.2, 0) is 0 Å². The Kier molecular flexibility index (Phi) is 3.49. The molecule has 2 aromatic heterocycles. The summed E-state index contributed by atoms with van der Waals surface area (Å²) < 4.78 is 5.32. The van der Waals surface area contributed by atoms with Gasteiger partial charge < -0.3 is 14.3 Å². The van der Waals surface area contributed by atoms with Gasteiger partial charge in [0.15, 0.2) is 5.82 Å². The second kappa shape index (κ2) is 5.44. The van der Waals surface area contributed by atoms with Gasteiger partial charge >= 0.3 is 6.01 Å². The monoisotopic (exact) mass is 274 g/mol. The van der Waals surface area contributed by atoms with E-state index in [-0.39, 0.29) is 5.92 Å². The van der Waals surface area contributed by atoms with Crippen LogP contribution in [0.4, 0.5) is 11.8 Å². The third-order valence-electron chi connectivity index (χ3n) is 3.37. The minimum Gasteiger partial charge on any atom is -0.352 e. The molecule has 0 radical (unpaired) electrons. The second-order valence-electron chi connectivity index (χ2n) is 5.13. The Morgan fingerprint density at radius 1 is 1.10 bits per heavy atom. The summed E-state index contributed by atoms with van der Waals surface area (Å²) in [5, 5.41) is 4.00. The Hall–Kier alpha value is -2.18. The van der Waals surface area contributed by atoms with Crippen molar-refractivity contribution in [3.63, 3.8) is 0 Å². The fraction of sp³-hybridized carbons (Fsp3) is 0.538. The van der Waals surface area contributed by atoms with Crippen molar-refractivity contribution in [1.82, 2.24) is 20.1 Å². The van der Waals surface area contributed by atoms with Gasteiger partial charge in [0.2, 0.25) is 0 Å². The van der Waals surface area contributed by atoms with Gasteiger partial charge in [0.05, 0.1) is 6.20 Å². The molecule has 20 heavy (non-hydrogen) atoms. The Bertz CT molecular complexity index is 547. The topological polar surface area (TPSA) is 71.2 Å². The third kappa shape index (κ3) is 2.56. The first kappa shape index (κ1) is 12.8. The van der Waals surface area contributed by atoms with Gasteiger partial charge in [0.1, 0.15) is 5.82 Å². The van der Waals surface area contributed by atoms with Crippen LogP contribution in [-0.4, -0.2) is 46.3 Å². The van der Waals surface area contributed by atoms with Crippen molar-refractivity contribution in [2.45, 2.75) is 19.8 Å². The lowest BCUT2D eigenvalue weighted by Crippen LogP contribution is -2.47. The summed E-state index contributed by atoms with van der Waals surface area (Å²) in [5.74, 6) is 1.96. The number of rotatable bonds is 3. The van der Waals surface area contributed by atoms with E-state index in [4.69, 9.17) is 4.52 Å². The van der Waals surface area contributed by atoms with Crippen LogP contribution < -0.4 is 9.80 Å². The van der Waals surface area contributed by atoms with Gasteiger partial charge in [0, 0.05) is 44.5 Å². The van der Waals surface area contributed by atoms with Crippen LogP contribution >= 0.6 is 0 Å². The fourth-order valence-corrected chi connectivity index (χ4v) is 2.17. The van der Waals surface area contributed by atoms with Gasteiger partial charge in [-0.1, -0.05) is 19.0 Å². The second-order valence-corrected chi connectivity index (χ2v) is 5.13. The van der Waals surface area contributed by atoms with Gasteiger partial charge in [-0.15, -0.1) is 0 Å². The van der Waals surface area contributed by atoms with Crippen LogP contribution in [0.1, 0.15) is 25.6 Å². The molecule has 3 rings (SSSR count). The molecule has 0 atom stereocenters. The summed E-state index contributed by atoms with van der Waals surface area (Å²) in [6.07, 6.45) is 5.19. The molecule has 0 unspecified atom stereocenters. The van der Waals surface area contributed by atoms with Gasteiger partial charge in [-0.2, -0.15) is 4.98 Å². The average molecular weight is 274 g/mol. The van der Waals surface area contributed by atoms with Crippen molar-refractivity contribution >= 4 is 11.8 Å². The van der Waals surface area contributed by atoms with Crippen LogP contribution in [0.3, 0.4) is 0 Å². The van der Waals surface area contributed by atoms with E-state index in [0.717, 1.165) is 37.8 Å². The van der Waals surface area contributed by atoms with E-state index in [1.54, 1.807) is 18.6 Å². The standard InChI is InChI=1S/C13H18N6O/c1-10(2)12-16-13(20-17-12)19-7-5-18(6-8-19)11-9-14-3-4-15-11/h3-4,9-10H,5-8H2,1-2H3.